The number of hydrogen-bond donors (Lipinski definition) is 1. The molecule has 24 heavy (non-hydrogen) atoms. The molecule has 0 aliphatic heterocycles. The Morgan fingerprint density at radius 3 is 2.88 bits per heavy atom. The van der Waals surface area contributed by atoms with E-state index < -0.39 is 0 Å². The summed E-state index contributed by atoms with van der Waals surface area (Å²) in [6, 6.07) is 17.5. The quantitative estimate of drug-likeness (QED) is 0.606. The van der Waals surface area contributed by atoms with Crippen LogP contribution in [0, 0.1) is 11.3 Å². The van der Waals surface area contributed by atoms with Crippen LogP contribution < -0.4 is 5.32 Å². The van der Waals surface area contributed by atoms with Gasteiger partial charge in [0.15, 0.2) is 11.4 Å². The number of aromatic nitrogens is 2. The first-order valence-corrected chi connectivity index (χ1v) is 7.65. The normalized spacial score (nSPS) is 12.2. The van der Waals surface area contributed by atoms with Crippen molar-refractivity contribution in [2.75, 3.05) is 5.32 Å². The third-order valence-electron chi connectivity index (χ3n) is 4.03. The second-order valence-electron chi connectivity index (χ2n) is 5.60. The highest BCUT2D eigenvalue weighted by molar-refractivity contribution is 6.05. The fourth-order valence-electron chi connectivity index (χ4n) is 2.79. The molecular formula is C19H14N4O. The highest BCUT2D eigenvalue weighted by Crippen LogP contribution is 2.31. The smallest absolute Gasteiger partial charge is 0.196 e. The topological polar surface area (TPSA) is 74.7 Å². The number of rotatable bonds is 3. The van der Waals surface area contributed by atoms with E-state index in [1.165, 1.54) is 6.33 Å². The van der Waals surface area contributed by atoms with Crippen LogP contribution in [0.2, 0.25) is 0 Å². The maximum Gasteiger partial charge on any atom is 0.196 e. The summed E-state index contributed by atoms with van der Waals surface area (Å²) < 4.78 is 5.93. The zero-order valence-corrected chi connectivity index (χ0v) is 13.0. The zero-order chi connectivity index (χ0) is 16.5. The van der Waals surface area contributed by atoms with Crippen LogP contribution in [0.1, 0.15) is 24.1 Å². The molecule has 0 saturated carbocycles. The molecular weight excluding hydrogens is 300 g/mol. The lowest BCUT2D eigenvalue weighted by Crippen LogP contribution is -2.08. The van der Waals surface area contributed by atoms with Gasteiger partial charge < -0.3 is 9.73 Å². The summed E-state index contributed by atoms with van der Waals surface area (Å²) in [6.45, 7) is 2.02. The van der Waals surface area contributed by atoms with Crippen molar-refractivity contribution in [3.8, 4) is 6.07 Å². The summed E-state index contributed by atoms with van der Waals surface area (Å²) in [5, 5.41) is 13.4. The number of nitrogens with one attached hydrogen (secondary N) is 1. The third kappa shape index (κ3) is 2.34. The molecule has 1 unspecified atom stereocenters. The number of benzene rings is 2. The molecule has 0 radical (unpaired) electrons. The van der Waals surface area contributed by atoms with Crippen LogP contribution in [0.4, 0.5) is 5.82 Å². The molecule has 0 bridgehead atoms. The highest BCUT2D eigenvalue weighted by Gasteiger charge is 2.15. The van der Waals surface area contributed by atoms with Gasteiger partial charge in [-0.25, -0.2) is 9.97 Å². The van der Waals surface area contributed by atoms with E-state index in [-0.39, 0.29) is 6.04 Å². The maximum atomic E-state index is 9.05. The minimum atomic E-state index is -0.0235. The van der Waals surface area contributed by atoms with E-state index in [1.54, 1.807) is 6.07 Å². The zero-order valence-electron chi connectivity index (χ0n) is 13.0. The van der Waals surface area contributed by atoms with Crippen LogP contribution in [0.15, 0.2) is 59.3 Å². The van der Waals surface area contributed by atoms with Gasteiger partial charge >= 0.3 is 0 Å². The molecule has 0 saturated heterocycles. The standard InChI is InChI=1S/C19H14N4O/c1-12(14-6-4-5-13(9-14)10-20)23-19-18-17(21-11-22-19)15-7-2-3-8-16(15)24-18/h2-9,11-12H,1H3,(H,21,22,23). The molecule has 4 rings (SSSR count). The van der Waals surface area contributed by atoms with Gasteiger partial charge in [-0.2, -0.15) is 5.26 Å². The van der Waals surface area contributed by atoms with Gasteiger partial charge in [-0.05, 0) is 36.8 Å². The molecule has 5 nitrogen and oxygen atoms in total. The van der Waals surface area contributed by atoms with Crippen LogP contribution in [0.25, 0.3) is 22.1 Å². The molecule has 2 aromatic heterocycles. The first kappa shape index (κ1) is 14.2. The van der Waals surface area contributed by atoms with Crippen LogP contribution in [-0.4, -0.2) is 9.97 Å². The van der Waals surface area contributed by atoms with Crippen LogP contribution in [-0.2, 0) is 0 Å². The van der Waals surface area contributed by atoms with Gasteiger partial charge in [-0.15, -0.1) is 0 Å². The number of hydrogen-bond acceptors (Lipinski definition) is 5. The van der Waals surface area contributed by atoms with Crippen LogP contribution >= 0.6 is 0 Å². The Bertz CT molecular complexity index is 1080. The molecule has 1 N–H and O–H groups in total. The van der Waals surface area contributed by atoms with E-state index in [1.807, 2.05) is 49.4 Å². The number of nitriles is 1. The van der Waals surface area contributed by atoms with E-state index in [0.29, 0.717) is 17.0 Å². The summed E-state index contributed by atoms with van der Waals surface area (Å²) in [5.41, 5.74) is 3.87. The molecule has 1 atom stereocenters. The van der Waals surface area contributed by atoms with E-state index in [2.05, 4.69) is 21.4 Å². The Morgan fingerprint density at radius 2 is 2.00 bits per heavy atom. The minimum Gasteiger partial charge on any atom is -0.450 e. The maximum absolute atomic E-state index is 9.05. The second kappa shape index (κ2) is 5.67. The lowest BCUT2D eigenvalue weighted by Gasteiger charge is -2.15. The lowest BCUT2D eigenvalue weighted by molar-refractivity contribution is 0.665. The molecule has 0 amide bonds. The second-order valence-corrected chi connectivity index (χ2v) is 5.60. The Kier molecular flexibility index (Phi) is 3.36. The average Bonchev–Trinajstić information content (AvgIpc) is 3.01. The number of fused-ring (bicyclic) bond motifs is 3. The van der Waals surface area contributed by atoms with Crippen LogP contribution in [0.3, 0.4) is 0 Å². The monoisotopic (exact) mass is 314 g/mol. The average molecular weight is 314 g/mol. The summed E-state index contributed by atoms with van der Waals surface area (Å²) in [7, 11) is 0. The summed E-state index contributed by atoms with van der Waals surface area (Å²) >= 11 is 0. The number of para-hydroxylation sites is 1. The van der Waals surface area contributed by atoms with Crippen molar-refractivity contribution in [2.24, 2.45) is 0 Å². The van der Waals surface area contributed by atoms with E-state index in [4.69, 9.17) is 9.68 Å². The Morgan fingerprint density at radius 1 is 1.12 bits per heavy atom. The highest BCUT2D eigenvalue weighted by atomic mass is 16.3. The number of furan rings is 1. The van der Waals surface area contributed by atoms with Crippen molar-refractivity contribution in [3.05, 3.63) is 66.0 Å². The molecule has 2 aromatic carbocycles. The molecule has 0 aliphatic rings. The number of anilines is 1. The fraction of sp³-hybridized carbons (Fsp3) is 0.105. The van der Waals surface area contributed by atoms with Crippen LogP contribution in [0.5, 0.6) is 0 Å². The van der Waals surface area contributed by atoms with E-state index >= 15 is 0 Å². The predicted molar refractivity (Wildman–Crippen MR) is 92.5 cm³/mol. The van der Waals surface area contributed by atoms with Gasteiger partial charge in [0, 0.05) is 5.39 Å². The van der Waals surface area contributed by atoms with Gasteiger partial charge in [-0.1, -0.05) is 24.3 Å². The predicted octanol–water partition coefficient (Wildman–Crippen LogP) is 4.42. The van der Waals surface area contributed by atoms with Crippen molar-refractivity contribution >= 4 is 27.9 Å². The molecule has 2 heterocycles. The SMILES string of the molecule is CC(Nc1ncnc2c1oc1ccccc12)c1cccc(C#N)c1. The number of nitrogens with zero attached hydrogens (tertiary/aromatic N) is 3. The molecule has 116 valence electrons. The summed E-state index contributed by atoms with van der Waals surface area (Å²) in [5.74, 6) is 0.645. The van der Waals surface area contributed by atoms with Gasteiger partial charge in [-0.3, -0.25) is 0 Å². The van der Waals surface area contributed by atoms with Gasteiger partial charge in [0.25, 0.3) is 0 Å². The summed E-state index contributed by atoms with van der Waals surface area (Å²) in [6.07, 6.45) is 1.53. The van der Waals surface area contributed by atoms with Crippen molar-refractivity contribution in [1.82, 2.24) is 9.97 Å². The molecule has 0 aliphatic carbocycles. The van der Waals surface area contributed by atoms with Crippen molar-refractivity contribution in [2.45, 2.75) is 13.0 Å². The molecule has 0 spiro atoms. The van der Waals surface area contributed by atoms with Crippen molar-refractivity contribution in [1.29, 1.82) is 5.26 Å². The van der Waals surface area contributed by atoms with Gasteiger partial charge in [0.1, 0.15) is 17.4 Å². The first-order valence-electron chi connectivity index (χ1n) is 7.65. The van der Waals surface area contributed by atoms with Gasteiger partial charge in [0.05, 0.1) is 17.7 Å². The van der Waals surface area contributed by atoms with Gasteiger partial charge in [0.2, 0.25) is 0 Å². The fourth-order valence-corrected chi connectivity index (χ4v) is 2.79. The molecule has 0 fully saturated rings. The largest absolute Gasteiger partial charge is 0.450 e. The Hall–Kier alpha value is -3.39. The Balaban J connectivity index is 1.75. The minimum absolute atomic E-state index is 0.0235. The third-order valence-corrected chi connectivity index (χ3v) is 4.03. The summed E-state index contributed by atoms with van der Waals surface area (Å²) in [4.78, 5) is 8.68. The van der Waals surface area contributed by atoms with E-state index in [9.17, 15) is 0 Å². The lowest BCUT2D eigenvalue weighted by atomic mass is 10.1. The molecule has 5 heteroatoms. The first-order chi connectivity index (χ1) is 11.8. The Labute approximate surface area is 138 Å². The van der Waals surface area contributed by atoms with Crippen molar-refractivity contribution < 1.29 is 4.42 Å². The molecule has 4 aromatic rings. The van der Waals surface area contributed by atoms with Crippen molar-refractivity contribution in [3.63, 3.8) is 0 Å². The van der Waals surface area contributed by atoms with E-state index in [0.717, 1.165) is 22.0 Å².